The minimum Gasteiger partial charge on any atom is -0.457 e. The molecule has 2 N–H and O–H groups in total. The number of hydrogen-bond donors (Lipinski definition) is 2. The van der Waals surface area contributed by atoms with Crippen LogP contribution in [0.2, 0.25) is 0 Å². The van der Waals surface area contributed by atoms with Crippen molar-refractivity contribution in [3.05, 3.63) is 84.4 Å². The molecule has 0 aliphatic rings. The van der Waals surface area contributed by atoms with Crippen LogP contribution in [-0.4, -0.2) is 13.1 Å². The van der Waals surface area contributed by atoms with Gasteiger partial charge in [0.15, 0.2) is 0 Å². The molecule has 0 atom stereocenters. The second kappa shape index (κ2) is 8.49. The van der Waals surface area contributed by atoms with Crippen LogP contribution in [0.15, 0.2) is 78.9 Å². The molecule has 140 valence electrons. The molecule has 3 aromatic carbocycles. The van der Waals surface area contributed by atoms with Crippen molar-refractivity contribution >= 4 is 11.4 Å². The van der Waals surface area contributed by atoms with Crippen LogP contribution in [0, 0.1) is 0 Å². The summed E-state index contributed by atoms with van der Waals surface area (Å²) in [5, 5.41) is 6.19. The predicted molar refractivity (Wildman–Crippen MR) is 101 cm³/mol. The van der Waals surface area contributed by atoms with Crippen molar-refractivity contribution in [3.63, 3.8) is 0 Å². The van der Waals surface area contributed by atoms with Gasteiger partial charge < -0.3 is 15.4 Å². The number of anilines is 2. The molecule has 0 heterocycles. The molecule has 0 saturated heterocycles. The summed E-state index contributed by atoms with van der Waals surface area (Å²) in [5.41, 5.74) is 0.689. The van der Waals surface area contributed by atoms with Crippen molar-refractivity contribution in [1.82, 2.24) is 0 Å². The molecule has 0 saturated carbocycles. The summed E-state index contributed by atoms with van der Waals surface area (Å²) in [6, 6.07) is 22.2. The summed E-state index contributed by atoms with van der Waals surface area (Å²) < 4.78 is 43.8. The Hall–Kier alpha value is -3.15. The van der Waals surface area contributed by atoms with Crippen LogP contribution in [0.4, 0.5) is 24.5 Å². The van der Waals surface area contributed by atoms with E-state index < -0.39 is 11.7 Å². The first-order valence-electron chi connectivity index (χ1n) is 8.49. The lowest BCUT2D eigenvalue weighted by molar-refractivity contribution is -0.137. The minimum atomic E-state index is -4.33. The van der Waals surface area contributed by atoms with Crippen LogP contribution in [0.3, 0.4) is 0 Å². The predicted octanol–water partition coefficient (Wildman–Crippen LogP) is 6.02. The van der Waals surface area contributed by atoms with Gasteiger partial charge in [-0.2, -0.15) is 13.2 Å². The van der Waals surface area contributed by atoms with E-state index >= 15 is 0 Å². The lowest BCUT2D eigenvalue weighted by Crippen LogP contribution is -2.14. The zero-order valence-electron chi connectivity index (χ0n) is 14.5. The number of para-hydroxylation sites is 1. The van der Waals surface area contributed by atoms with E-state index in [2.05, 4.69) is 10.6 Å². The summed E-state index contributed by atoms with van der Waals surface area (Å²) in [5.74, 6) is 1.50. The van der Waals surface area contributed by atoms with Gasteiger partial charge in [0, 0.05) is 24.5 Å². The molecule has 0 aromatic heterocycles. The van der Waals surface area contributed by atoms with Crippen molar-refractivity contribution in [3.8, 4) is 11.5 Å². The second-order valence-electron chi connectivity index (χ2n) is 5.87. The fourth-order valence-electron chi connectivity index (χ4n) is 2.48. The molecule has 0 amide bonds. The molecule has 0 bridgehead atoms. The summed E-state index contributed by atoms with van der Waals surface area (Å²) in [6.07, 6.45) is -4.33. The third-order valence-electron chi connectivity index (χ3n) is 3.81. The molecule has 3 aromatic rings. The second-order valence-corrected chi connectivity index (χ2v) is 5.87. The highest BCUT2D eigenvalue weighted by Gasteiger charge is 2.30. The van der Waals surface area contributed by atoms with E-state index in [0.717, 1.165) is 29.3 Å². The van der Waals surface area contributed by atoms with Gasteiger partial charge in [0.1, 0.15) is 11.5 Å². The standard InChI is InChI=1S/C21H19F3N2O/c22-21(23,24)16-5-4-6-18(15-16)26-14-13-25-17-9-11-20(12-10-17)27-19-7-2-1-3-8-19/h1-12,15,25-26H,13-14H2. The van der Waals surface area contributed by atoms with E-state index in [-0.39, 0.29) is 0 Å². The third kappa shape index (κ3) is 5.67. The maximum atomic E-state index is 12.7. The third-order valence-corrected chi connectivity index (χ3v) is 3.81. The first-order chi connectivity index (χ1) is 13.0. The number of rotatable bonds is 7. The molecule has 0 radical (unpaired) electrons. The first-order valence-corrected chi connectivity index (χ1v) is 8.49. The molecule has 0 spiro atoms. The lowest BCUT2D eigenvalue weighted by Gasteiger charge is -2.12. The van der Waals surface area contributed by atoms with Gasteiger partial charge in [0.05, 0.1) is 5.56 Å². The van der Waals surface area contributed by atoms with E-state index in [1.165, 1.54) is 6.07 Å². The molecular weight excluding hydrogens is 353 g/mol. The van der Waals surface area contributed by atoms with E-state index in [4.69, 9.17) is 4.74 Å². The maximum absolute atomic E-state index is 12.7. The Labute approximate surface area is 155 Å². The zero-order chi connectivity index (χ0) is 19.1. The molecule has 3 rings (SSSR count). The van der Waals surface area contributed by atoms with Crippen molar-refractivity contribution in [1.29, 1.82) is 0 Å². The topological polar surface area (TPSA) is 33.3 Å². The summed E-state index contributed by atoms with van der Waals surface area (Å²) in [4.78, 5) is 0. The van der Waals surface area contributed by atoms with Crippen molar-refractivity contribution in [2.75, 3.05) is 23.7 Å². The quantitative estimate of drug-likeness (QED) is 0.498. The average Bonchev–Trinajstić information content (AvgIpc) is 2.67. The smallest absolute Gasteiger partial charge is 0.416 e. The molecule has 0 aliphatic heterocycles. The fourth-order valence-corrected chi connectivity index (χ4v) is 2.48. The van der Waals surface area contributed by atoms with Crippen LogP contribution in [0.1, 0.15) is 5.56 Å². The fraction of sp³-hybridized carbons (Fsp3) is 0.143. The number of alkyl halides is 3. The Morgan fingerprint density at radius 1 is 0.667 bits per heavy atom. The molecule has 6 heteroatoms. The highest BCUT2D eigenvalue weighted by Crippen LogP contribution is 2.30. The summed E-state index contributed by atoms with van der Waals surface area (Å²) in [7, 11) is 0. The van der Waals surface area contributed by atoms with Crippen molar-refractivity contribution < 1.29 is 17.9 Å². The van der Waals surface area contributed by atoms with Gasteiger partial charge in [0.2, 0.25) is 0 Å². The Balaban J connectivity index is 1.45. The van der Waals surface area contributed by atoms with E-state index in [0.29, 0.717) is 18.8 Å². The number of ether oxygens (including phenoxy) is 1. The van der Waals surface area contributed by atoms with Crippen LogP contribution < -0.4 is 15.4 Å². The molecule has 0 aliphatic carbocycles. The Morgan fingerprint density at radius 3 is 1.96 bits per heavy atom. The van der Waals surface area contributed by atoms with Gasteiger partial charge in [-0.25, -0.2) is 0 Å². The van der Waals surface area contributed by atoms with E-state index in [1.54, 1.807) is 6.07 Å². The Morgan fingerprint density at radius 2 is 1.30 bits per heavy atom. The van der Waals surface area contributed by atoms with Gasteiger partial charge in [-0.05, 0) is 54.6 Å². The van der Waals surface area contributed by atoms with Crippen LogP contribution in [-0.2, 0) is 6.18 Å². The van der Waals surface area contributed by atoms with Gasteiger partial charge in [-0.15, -0.1) is 0 Å². The van der Waals surface area contributed by atoms with Crippen LogP contribution in [0.5, 0.6) is 11.5 Å². The average molecular weight is 372 g/mol. The maximum Gasteiger partial charge on any atom is 0.416 e. The highest BCUT2D eigenvalue weighted by molar-refractivity contribution is 5.49. The highest BCUT2D eigenvalue weighted by atomic mass is 19.4. The van der Waals surface area contributed by atoms with Crippen LogP contribution >= 0.6 is 0 Å². The Kier molecular flexibility index (Phi) is 5.86. The first kappa shape index (κ1) is 18.6. The lowest BCUT2D eigenvalue weighted by atomic mass is 10.2. The molecule has 3 nitrogen and oxygen atoms in total. The van der Waals surface area contributed by atoms with E-state index in [1.807, 2.05) is 54.6 Å². The van der Waals surface area contributed by atoms with Gasteiger partial charge in [-0.1, -0.05) is 24.3 Å². The van der Waals surface area contributed by atoms with Gasteiger partial charge in [0.25, 0.3) is 0 Å². The molecular formula is C21H19F3N2O. The van der Waals surface area contributed by atoms with Crippen molar-refractivity contribution in [2.24, 2.45) is 0 Å². The zero-order valence-corrected chi connectivity index (χ0v) is 14.5. The number of halogens is 3. The number of benzene rings is 3. The number of hydrogen-bond acceptors (Lipinski definition) is 3. The van der Waals surface area contributed by atoms with Crippen LogP contribution in [0.25, 0.3) is 0 Å². The van der Waals surface area contributed by atoms with Crippen molar-refractivity contribution in [2.45, 2.75) is 6.18 Å². The Bertz CT molecular complexity index is 849. The van der Waals surface area contributed by atoms with Gasteiger partial charge in [-0.3, -0.25) is 0 Å². The SMILES string of the molecule is FC(F)(F)c1cccc(NCCNc2ccc(Oc3ccccc3)cc2)c1. The minimum absolute atomic E-state index is 0.443. The monoisotopic (exact) mass is 372 g/mol. The molecule has 27 heavy (non-hydrogen) atoms. The largest absolute Gasteiger partial charge is 0.457 e. The van der Waals surface area contributed by atoms with Gasteiger partial charge >= 0.3 is 6.18 Å². The number of nitrogens with one attached hydrogen (secondary N) is 2. The summed E-state index contributed by atoms with van der Waals surface area (Å²) in [6.45, 7) is 1.05. The molecule has 0 fully saturated rings. The summed E-state index contributed by atoms with van der Waals surface area (Å²) >= 11 is 0. The molecule has 0 unspecified atom stereocenters. The normalized spacial score (nSPS) is 11.1. The van der Waals surface area contributed by atoms with E-state index in [9.17, 15) is 13.2 Å².